The van der Waals surface area contributed by atoms with Crippen molar-refractivity contribution < 1.29 is 20.1 Å². The van der Waals surface area contributed by atoms with Crippen LogP contribution in [0, 0.1) is 0 Å². The van der Waals surface area contributed by atoms with E-state index in [0.717, 1.165) is 51.4 Å². The molecular formula is C42H75NO4. The summed E-state index contributed by atoms with van der Waals surface area (Å²) in [6.07, 6.45) is 48.4. The molecule has 0 radical (unpaired) electrons. The lowest BCUT2D eigenvalue weighted by molar-refractivity contribution is -0.131. The number of unbranched alkanes of at least 4 members (excludes halogenated alkanes) is 19. The first-order valence-corrected chi connectivity index (χ1v) is 19.6. The second-order valence-corrected chi connectivity index (χ2v) is 13.1. The number of aliphatic hydroxyl groups is 3. The highest BCUT2D eigenvalue weighted by Gasteiger charge is 2.22. The Morgan fingerprint density at radius 1 is 0.574 bits per heavy atom. The molecule has 0 heterocycles. The van der Waals surface area contributed by atoms with Gasteiger partial charge in [0.05, 0.1) is 18.8 Å². The van der Waals surface area contributed by atoms with Crippen LogP contribution in [0.1, 0.15) is 174 Å². The summed E-state index contributed by atoms with van der Waals surface area (Å²) in [5.74, 6) is -0.528. The van der Waals surface area contributed by atoms with Gasteiger partial charge in [-0.15, -0.1) is 0 Å². The number of nitrogens with one attached hydrogen (secondary N) is 1. The van der Waals surface area contributed by atoms with Crippen LogP contribution in [0.4, 0.5) is 0 Å². The Morgan fingerprint density at radius 2 is 1.02 bits per heavy atom. The zero-order chi connectivity index (χ0) is 34.5. The minimum Gasteiger partial charge on any atom is -0.394 e. The van der Waals surface area contributed by atoms with E-state index in [0.29, 0.717) is 6.42 Å². The Balaban J connectivity index is 3.68. The molecule has 0 saturated carbocycles. The number of carbonyl (C=O) groups is 1. The van der Waals surface area contributed by atoms with Crippen LogP contribution in [0.15, 0.2) is 60.8 Å². The molecule has 0 bridgehead atoms. The van der Waals surface area contributed by atoms with Crippen molar-refractivity contribution in [3.63, 3.8) is 0 Å². The Hall–Kier alpha value is -1.95. The molecule has 0 aromatic rings. The molecule has 0 spiro atoms. The Morgan fingerprint density at radius 3 is 1.53 bits per heavy atom. The highest BCUT2D eigenvalue weighted by atomic mass is 16.3. The van der Waals surface area contributed by atoms with Crippen molar-refractivity contribution in [2.75, 3.05) is 6.61 Å². The van der Waals surface area contributed by atoms with Gasteiger partial charge in [0.2, 0.25) is 5.91 Å². The quantitative estimate of drug-likeness (QED) is 0.0409. The van der Waals surface area contributed by atoms with Gasteiger partial charge < -0.3 is 20.6 Å². The van der Waals surface area contributed by atoms with E-state index in [1.54, 1.807) is 6.08 Å². The molecule has 5 heteroatoms. The van der Waals surface area contributed by atoms with Crippen molar-refractivity contribution in [3.8, 4) is 0 Å². The zero-order valence-electron chi connectivity index (χ0n) is 30.6. The summed E-state index contributed by atoms with van der Waals surface area (Å²) >= 11 is 0. The van der Waals surface area contributed by atoms with Crippen molar-refractivity contribution in [1.29, 1.82) is 0 Å². The smallest absolute Gasteiger partial charge is 0.249 e. The van der Waals surface area contributed by atoms with Gasteiger partial charge in [0.25, 0.3) is 0 Å². The van der Waals surface area contributed by atoms with Crippen molar-refractivity contribution >= 4 is 5.91 Å². The lowest BCUT2D eigenvalue weighted by Gasteiger charge is -2.21. The first-order chi connectivity index (χ1) is 23.1. The molecule has 0 aliphatic rings. The molecule has 5 nitrogen and oxygen atoms in total. The third-order valence-corrected chi connectivity index (χ3v) is 8.65. The van der Waals surface area contributed by atoms with E-state index in [9.17, 15) is 20.1 Å². The Kier molecular flexibility index (Phi) is 35.3. The Bertz CT molecular complexity index is 815. The summed E-state index contributed by atoms with van der Waals surface area (Å²) < 4.78 is 0. The number of carbonyl (C=O) groups excluding carboxylic acids is 1. The lowest BCUT2D eigenvalue weighted by Crippen LogP contribution is -2.48. The number of hydrogen-bond donors (Lipinski definition) is 4. The van der Waals surface area contributed by atoms with Crippen LogP contribution in [0.3, 0.4) is 0 Å². The van der Waals surface area contributed by atoms with E-state index in [1.807, 2.05) is 13.0 Å². The summed E-state index contributed by atoms with van der Waals surface area (Å²) in [4.78, 5) is 12.4. The molecule has 47 heavy (non-hydrogen) atoms. The summed E-state index contributed by atoms with van der Waals surface area (Å²) in [5.41, 5.74) is 0. The van der Waals surface area contributed by atoms with E-state index in [-0.39, 0.29) is 6.61 Å². The summed E-state index contributed by atoms with van der Waals surface area (Å²) in [6, 6.07) is -0.823. The predicted octanol–water partition coefficient (Wildman–Crippen LogP) is 10.8. The molecule has 3 unspecified atom stereocenters. The largest absolute Gasteiger partial charge is 0.394 e. The van der Waals surface area contributed by atoms with Crippen molar-refractivity contribution in [2.45, 2.75) is 193 Å². The monoisotopic (exact) mass is 658 g/mol. The minimum absolute atomic E-state index is 0.387. The molecule has 4 N–H and O–H groups in total. The number of hydrogen-bond acceptors (Lipinski definition) is 4. The van der Waals surface area contributed by atoms with Crippen LogP contribution in [0.2, 0.25) is 0 Å². The van der Waals surface area contributed by atoms with Crippen molar-refractivity contribution in [3.05, 3.63) is 60.8 Å². The molecule has 0 saturated heterocycles. The molecule has 272 valence electrons. The van der Waals surface area contributed by atoms with E-state index in [1.165, 1.54) is 103 Å². The van der Waals surface area contributed by atoms with Crippen LogP contribution in [-0.4, -0.2) is 46.1 Å². The van der Waals surface area contributed by atoms with Gasteiger partial charge >= 0.3 is 0 Å². The van der Waals surface area contributed by atoms with Crippen LogP contribution in [0.5, 0.6) is 0 Å². The molecule has 0 aromatic heterocycles. The van der Waals surface area contributed by atoms with Gasteiger partial charge in [-0.2, -0.15) is 0 Å². The summed E-state index contributed by atoms with van der Waals surface area (Å²) in [6.45, 7) is 3.91. The van der Waals surface area contributed by atoms with Gasteiger partial charge in [-0.3, -0.25) is 4.79 Å². The normalized spacial score (nSPS) is 14.4. The molecular weight excluding hydrogens is 582 g/mol. The summed E-state index contributed by atoms with van der Waals surface area (Å²) in [7, 11) is 0. The second-order valence-electron chi connectivity index (χ2n) is 13.1. The second kappa shape index (κ2) is 36.9. The average molecular weight is 658 g/mol. The molecule has 0 rings (SSSR count). The number of aliphatic hydroxyl groups excluding tert-OH is 3. The van der Waals surface area contributed by atoms with Gasteiger partial charge in [0, 0.05) is 0 Å². The van der Waals surface area contributed by atoms with Gasteiger partial charge in [0.1, 0.15) is 6.10 Å². The summed E-state index contributed by atoms with van der Waals surface area (Å²) in [5, 5.41) is 32.8. The van der Waals surface area contributed by atoms with Gasteiger partial charge in [-0.05, 0) is 71.1 Å². The van der Waals surface area contributed by atoms with Crippen molar-refractivity contribution in [2.24, 2.45) is 0 Å². The van der Waals surface area contributed by atoms with Crippen LogP contribution in [-0.2, 0) is 4.79 Å². The number of rotatable bonds is 34. The molecule has 1 amide bonds. The highest BCUT2D eigenvalue weighted by Crippen LogP contribution is 2.13. The maximum absolute atomic E-state index is 12.4. The molecule has 0 aromatic carbocycles. The van der Waals surface area contributed by atoms with E-state index in [2.05, 4.69) is 60.8 Å². The zero-order valence-corrected chi connectivity index (χ0v) is 30.6. The molecule has 3 atom stereocenters. The molecule has 0 aliphatic heterocycles. The molecule has 0 aliphatic carbocycles. The fraction of sp³-hybridized carbons (Fsp3) is 0.738. The third-order valence-electron chi connectivity index (χ3n) is 8.65. The maximum Gasteiger partial charge on any atom is 0.249 e. The van der Waals surface area contributed by atoms with E-state index in [4.69, 9.17) is 0 Å². The fourth-order valence-electron chi connectivity index (χ4n) is 5.55. The highest BCUT2D eigenvalue weighted by molar-refractivity contribution is 5.80. The van der Waals surface area contributed by atoms with Gasteiger partial charge in [0.15, 0.2) is 0 Å². The SMILES string of the molecule is C/C=C/CC/C=C/CC/C=C/C(O)C(CO)NC(=O)C(O)CCCCCCCCCC/C=C\C/C=C\CCCCCCCCCCC. The first-order valence-electron chi connectivity index (χ1n) is 19.6. The van der Waals surface area contributed by atoms with Crippen molar-refractivity contribution in [1.82, 2.24) is 5.32 Å². The van der Waals surface area contributed by atoms with E-state index >= 15 is 0 Å². The Labute approximate surface area is 290 Å². The van der Waals surface area contributed by atoms with Gasteiger partial charge in [-0.1, -0.05) is 164 Å². The maximum atomic E-state index is 12.4. The predicted molar refractivity (Wildman–Crippen MR) is 204 cm³/mol. The van der Waals surface area contributed by atoms with Crippen LogP contribution in [0.25, 0.3) is 0 Å². The number of allylic oxidation sites excluding steroid dienone is 9. The third kappa shape index (κ3) is 32.4. The standard InChI is InChI=1S/C42H75NO4/c1-3-5-7-9-11-13-14-15-16-17-18-19-20-21-22-23-24-25-26-27-29-31-33-35-37-41(46)42(47)43-39(38-44)40(45)36-34-32-30-28-12-10-8-6-4-2/h4,6,12,18-19,21-22,28,34,36,39-41,44-46H,3,5,7-11,13-17,20,23-27,29-33,35,37-38H2,1-2H3,(H,43,47)/b6-4+,19-18-,22-21-,28-12+,36-34+. The fourth-order valence-corrected chi connectivity index (χ4v) is 5.55. The first kappa shape index (κ1) is 45.0. The van der Waals surface area contributed by atoms with Crippen LogP contribution < -0.4 is 5.32 Å². The number of amides is 1. The van der Waals surface area contributed by atoms with E-state index < -0.39 is 24.2 Å². The molecule has 0 fully saturated rings. The minimum atomic E-state index is -1.11. The topological polar surface area (TPSA) is 89.8 Å². The average Bonchev–Trinajstić information content (AvgIpc) is 3.07. The lowest BCUT2D eigenvalue weighted by atomic mass is 10.0. The van der Waals surface area contributed by atoms with Crippen LogP contribution >= 0.6 is 0 Å². The van der Waals surface area contributed by atoms with Gasteiger partial charge in [-0.25, -0.2) is 0 Å².